The molecule has 0 radical (unpaired) electrons. The van der Waals surface area contributed by atoms with Crippen molar-refractivity contribution in [1.82, 2.24) is 15.5 Å². The summed E-state index contributed by atoms with van der Waals surface area (Å²) in [6.07, 6.45) is 0.737. The van der Waals surface area contributed by atoms with Crippen molar-refractivity contribution in [2.45, 2.75) is 12.3 Å². The summed E-state index contributed by atoms with van der Waals surface area (Å²) in [4.78, 5) is 17.8. The molecule has 0 fully saturated rings. The highest BCUT2D eigenvalue weighted by Gasteiger charge is 2.20. The highest BCUT2D eigenvalue weighted by atomic mass is 32.1. The molecule has 0 saturated carbocycles. The van der Waals surface area contributed by atoms with Crippen molar-refractivity contribution in [2.24, 2.45) is 0 Å². The maximum Gasteiger partial charge on any atom is 0.316 e. The Morgan fingerprint density at radius 3 is 2.59 bits per heavy atom. The number of carbonyl (C=O) groups excluding carboxylic acids is 1. The van der Waals surface area contributed by atoms with Crippen molar-refractivity contribution in [2.75, 3.05) is 20.8 Å². The van der Waals surface area contributed by atoms with Crippen LogP contribution in [0, 0.1) is 0 Å². The van der Waals surface area contributed by atoms with Crippen LogP contribution in [0.2, 0.25) is 0 Å². The van der Waals surface area contributed by atoms with Crippen LogP contribution in [0.1, 0.15) is 27.7 Å². The predicted molar refractivity (Wildman–Crippen MR) is 122 cm³/mol. The summed E-state index contributed by atoms with van der Waals surface area (Å²) < 4.78 is 16.0. The van der Waals surface area contributed by atoms with Gasteiger partial charge in [0.25, 0.3) is 0 Å². The molecule has 1 atom stereocenters. The van der Waals surface area contributed by atoms with Gasteiger partial charge < -0.3 is 19.3 Å². The molecule has 2 heterocycles. The Bertz CT molecular complexity index is 1160. The highest BCUT2D eigenvalue weighted by molar-refractivity contribution is 7.13. The molecule has 0 aliphatic carbocycles. The number of hydrogen-bond donors (Lipinski definition) is 1. The lowest BCUT2D eigenvalue weighted by molar-refractivity contribution is 0.0907. The van der Waals surface area contributed by atoms with E-state index in [4.69, 9.17) is 14.0 Å². The van der Waals surface area contributed by atoms with Gasteiger partial charge in [-0.15, -0.1) is 11.3 Å². The number of carbonyl (C=O) groups is 1. The van der Waals surface area contributed by atoms with Gasteiger partial charge in [-0.25, -0.2) is 0 Å². The summed E-state index contributed by atoms with van der Waals surface area (Å²) in [5.41, 5.74) is 2.19. The van der Waals surface area contributed by atoms with Gasteiger partial charge in [-0.05, 0) is 41.1 Å². The topological polar surface area (TPSA) is 86.5 Å². The Labute approximate surface area is 190 Å². The van der Waals surface area contributed by atoms with Gasteiger partial charge in [-0.2, -0.15) is 4.98 Å². The first-order chi connectivity index (χ1) is 15.7. The van der Waals surface area contributed by atoms with Crippen LogP contribution in [0.3, 0.4) is 0 Å². The second kappa shape index (κ2) is 10.1. The van der Waals surface area contributed by atoms with Crippen LogP contribution in [0.5, 0.6) is 11.5 Å². The number of nitrogens with zero attached hydrogens (tertiary/aromatic N) is 2. The molecular formula is C24H23N3O4S. The average molecular weight is 450 g/mol. The Hall–Kier alpha value is -3.65. The summed E-state index contributed by atoms with van der Waals surface area (Å²) in [7, 11) is 3.21. The quantitative estimate of drug-likeness (QED) is 0.403. The fourth-order valence-electron chi connectivity index (χ4n) is 3.43. The normalized spacial score (nSPS) is 11.7. The predicted octanol–water partition coefficient (Wildman–Crippen LogP) is 4.57. The molecular weight excluding hydrogens is 426 g/mol. The maximum absolute atomic E-state index is 12.7. The molecule has 0 unspecified atom stereocenters. The van der Waals surface area contributed by atoms with Gasteiger partial charge in [0, 0.05) is 12.5 Å². The standard InChI is InChI=1S/C24H23N3O4S/c1-29-19-11-10-17(14-20(19)30-2)18(13-16-7-4-3-5-8-16)15-25-23(28)24-26-22(27-31-24)21-9-6-12-32-21/h3-12,14,18H,13,15H2,1-2H3,(H,25,28)/t18-/m0/s1. The van der Waals surface area contributed by atoms with Gasteiger partial charge in [0.15, 0.2) is 11.5 Å². The van der Waals surface area contributed by atoms with Gasteiger partial charge in [-0.3, -0.25) is 4.79 Å². The molecule has 1 N–H and O–H groups in total. The number of amides is 1. The summed E-state index contributed by atoms with van der Waals surface area (Å²) in [5, 5.41) is 8.77. The Morgan fingerprint density at radius 1 is 1.06 bits per heavy atom. The van der Waals surface area contributed by atoms with Crippen molar-refractivity contribution in [3.63, 3.8) is 0 Å². The van der Waals surface area contributed by atoms with Crippen LogP contribution in [-0.2, 0) is 6.42 Å². The number of hydrogen-bond acceptors (Lipinski definition) is 7. The first-order valence-corrected chi connectivity index (χ1v) is 11.0. The largest absolute Gasteiger partial charge is 0.493 e. The molecule has 4 aromatic rings. The average Bonchev–Trinajstić information content (AvgIpc) is 3.54. The van der Waals surface area contributed by atoms with Crippen molar-refractivity contribution in [3.05, 3.63) is 83.1 Å². The minimum Gasteiger partial charge on any atom is -0.493 e. The molecule has 1 amide bonds. The lowest BCUT2D eigenvalue weighted by Gasteiger charge is -2.19. The third-order valence-corrected chi connectivity index (χ3v) is 5.94. The summed E-state index contributed by atoms with van der Waals surface area (Å²) in [6.45, 7) is 0.389. The summed E-state index contributed by atoms with van der Waals surface area (Å²) in [6, 6.07) is 19.7. The Balaban J connectivity index is 1.52. The fourth-order valence-corrected chi connectivity index (χ4v) is 4.08. The van der Waals surface area contributed by atoms with E-state index in [0.29, 0.717) is 23.9 Å². The molecule has 0 spiro atoms. The first kappa shape index (κ1) is 21.6. The van der Waals surface area contributed by atoms with E-state index in [2.05, 4.69) is 27.6 Å². The number of methoxy groups -OCH3 is 2. The molecule has 0 aliphatic rings. The number of nitrogens with one attached hydrogen (secondary N) is 1. The van der Waals surface area contributed by atoms with Crippen LogP contribution in [0.25, 0.3) is 10.7 Å². The highest BCUT2D eigenvalue weighted by Crippen LogP contribution is 2.32. The number of aromatic nitrogens is 2. The molecule has 0 aliphatic heterocycles. The molecule has 32 heavy (non-hydrogen) atoms. The third kappa shape index (κ3) is 4.97. The summed E-state index contributed by atoms with van der Waals surface area (Å²) in [5.74, 6) is 1.25. The van der Waals surface area contributed by atoms with E-state index in [0.717, 1.165) is 16.9 Å². The van der Waals surface area contributed by atoms with Crippen LogP contribution < -0.4 is 14.8 Å². The zero-order valence-corrected chi connectivity index (χ0v) is 18.6. The van der Waals surface area contributed by atoms with Crippen LogP contribution in [0.15, 0.2) is 70.6 Å². The number of ether oxygens (including phenoxy) is 2. The zero-order chi connectivity index (χ0) is 22.3. The Morgan fingerprint density at radius 2 is 1.88 bits per heavy atom. The van der Waals surface area contributed by atoms with Crippen LogP contribution >= 0.6 is 11.3 Å². The molecule has 7 nitrogen and oxygen atoms in total. The third-order valence-electron chi connectivity index (χ3n) is 5.07. The van der Waals surface area contributed by atoms with Gasteiger partial charge in [0.1, 0.15) is 0 Å². The van der Waals surface area contributed by atoms with Crippen molar-refractivity contribution in [1.29, 1.82) is 0 Å². The second-order valence-corrected chi connectivity index (χ2v) is 8.06. The van der Waals surface area contributed by atoms with Crippen molar-refractivity contribution < 1.29 is 18.8 Å². The molecule has 164 valence electrons. The van der Waals surface area contributed by atoms with Crippen LogP contribution in [-0.4, -0.2) is 36.8 Å². The number of thiophene rings is 1. The van der Waals surface area contributed by atoms with Gasteiger partial charge in [-0.1, -0.05) is 47.6 Å². The Kier molecular flexibility index (Phi) is 6.81. The molecule has 8 heteroatoms. The van der Waals surface area contributed by atoms with E-state index in [1.165, 1.54) is 16.9 Å². The molecule has 0 saturated heterocycles. The lowest BCUT2D eigenvalue weighted by atomic mass is 9.91. The second-order valence-electron chi connectivity index (χ2n) is 7.11. The smallest absolute Gasteiger partial charge is 0.316 e. The van der Waals surface area contributed by atoms with E-state index in [1.54, 1.807) is 14.2 Å². The molecule has 0 bridgehead atoms. The minimum atomic E-state index is -0.404. The van der Waals surface area contributed by atoms with E-state index < -0.39 is 5.91 Å². The van der Waals surface area contributed by atoms with E-state index in [-0.39, 0.29) is 11.8 Å². The van der Waals surface area contributed by atoms with E-state index in [1.807, 2.05) is 53.9 Å². The number of benzene rings is 2. The lowest BCUT2D eigenvalue weighted by Crippen LogP contribution is -2.29. The van der Waals surface area contributed by atoms with Gasteiger partial charge >= 0.3 is 11.8 Å². The SMILES string of the molecule is COc1ccc([C@H](CNC(=O)c2nc(-c3cccs3)no2)Cc2ccccc2)cc1OC. The maximum atomic E-state index is 12.7. The molecule has 4 rings (SSSR count). The number of rotatable bonds is 9. The first-order valence-electron chi connectivity index (χ1n) is 10.1. The minimum absolute atomic E-state index is 0.000781. The van der Waals surface area contributed by atoms with E-state index >= 15 is 0 Å². The van der Waals surface area contributed by atoms with Crippen LogP contribution in [0.4, 0.5) is 0 Å². The van der Waals surface area contributed by atoms with Crippen molar-refractivity contribution in [3.8, 4) is 22.2 Å². The zero-order valence-electron chi connectivity index (χ0n) is 17.8. The molecule has 2 aromatic carbocycles. The monoisotopic (exact) mass is 449 g/mol. The van der Waals surface area contributed by atoms with Gasteiger partial charge in [0.05, 0.1) is 19.1 Å². The van der Waals surface area contributed by atoms with E-state index in [9.17, 15) is 4.79 Å². The fraction of sp³-hybridized carbons (Fsp3) is 0.208. The van der Waals surface area contributed by atoms with Crippen molar-refractivity contribution >= 4 is 17.2 Å². The summed E-state index contributed by atoms with van der Waals surface area (Å²) >= 11 is 1.49. The molecule has 2 aromatic heterocycles. The van der Waals surface area contributed by atoms with Gasteiger partial charge in [0.2, 0.25) is 5.82 Å².